The summed E-state index contributed by atoms with van der Waals surface area (Å²) < 4.78 is 0. The lowest BCUT2D eigenvalue weighted by Crippen LogP contribution is -2.46. The maximum absolute atomic E-state index is 12.6. The number of hydrogen-bond acceptors (Lipinski definition) is 2. The molecule has 128 valence electrons. The first-order valence-corrected chi connectivity index (χ1v) is 8.79. The average Bonchev–Trinajstić information content (AvgIpc) is 2.99. The van der Waals surface area contributed by atoms with Crippen molar-refractivity contribution in [1.29, 1.82) is 0 Å². The number of piperidine rings is 1. The summed E-state index contributed by atoms with van der Waals surface area (Å²) in [5, 5.41) is 4.19. The number of H-pyrrole nitrogens is 1. The Hall–Kier alpha value is -2.30. The maximum Gasteiger partial charge on any atom is 0.227 e. The summed E-state index contributed by atoms with van der Waals surface area (Å²) in [5.41, 5.74) is 2.12. The molecule has 0 atom stereocenters. The van der Waals surface area contributed by atoms with E-state index >= 15 is 0 Å². The molecule has 3 rings (SSSR count). The van der Waals surface area contributed by atoms with Gasteiger partial charge in [0.15, 0.2) is 0 Å². The predicted octanol–water partition coefficient (Wildman–Crippen LogP) is 2.62. The van der Waals surface area contributed by atoms with Crippen molar-refractivity contribution in [2.45, 2.75) is 45.1 Å². The molecule has 0 unspecified atom stereocenters. The third kappa shape index (κ3) is 3.78. The fourth-order valence-electron chi connectivity index (χ4n) is 3.35. The lowest BCUT2D eigenvalue weighted by Gasteiger charge is -2.32. The van der Waals surface area contributed by atoms with E-state index in [0.29, 0.717) is 12.8 Å². The zero-order chi connectivity index (χ0) is 16.9. The first kappa shape index (κ1) is 16.6. The topological polar surface area (TPSA) is 65.2 Å². The van der Waals surface area contributed by atoms with Crippen LogP contribution >= 0.6 is 0 Å². The first-order chi connectivity index (χ1) is 11.7. The third-order valence-corrected chi connectivity index (χ3v) is 4.71. The Morgan fingerprint density at radius 2 is 2.00 bits per heavy atom. The molecule has 2 aromatic rings. The molecule has 1 saturated heterocycles. The first-order valence-electron chi connectivity index (χ1n) is 8.79. The largest absolute Gasteiger partial charge is 0.361 e. The van der Waals surface area contributed by atoms with Crippen molar-refractivity contribution in [2.75, 3.05) is 13.1 Å². The second-order valence-electron chi connectivity index (χ2n) is 6.51. The Bertz CT molecular complexity index is 714. The van der Waals surface area contributed by atoms with Gasteiger partial charge < -0.3 is 15.2 Å². The van der Waals surface area contributed by atoms with Crippen LogP contribution in [-0.2, 0) is 16.0 Å². The van der Waals surface area contributed by atoms with Crippen molar-refractivity contribution in [3.8, 4) is 0 Å². The van der Waals surface area contributed by atoms with Gasteiger partial charge in [-0.2, -0.15) is 0 Å². The Labute approximate surface area is 142 Å². The van der Waals surface area contributed by atoms with Crippen molar-refractivity contribution in [3.63, 3.8) is 0 Å². The number of hydrogen-bond donors (Lipinski definition) is 2. The highest BCUT2D eigenvalue weighted by atomic mass is 16.2. The summed E-state index contributed by atoms with van der Waals surface area (Å²) >= 11 is 0. The number of carbonyl (C=O) groups is 2. The molecule has 0 bridgehead atoms. The summed E-state index contributed by atoms with van der Waals surface area (Å²) in [4.78, 5) is 29.4. The minimum Gasteiger partial charge on any atom is -0.361 e. The number of carbonyl (C=O) groups excluding carboxylic acids is 2. The Morgan fingerprint density at radius 1 is 1.25 bits per heavy atom. The SMILES string of the molecule is CCCC(=O)NC1CCN(C(=O)Cc2c[nH]c3ccccc23)CC1. The summed E-state index contributed by atoms with van der Waals surface area (Å²) in [6, 6.07) is 8.26. The number of amides is 2. The van der Waals surface area contributed by atoms with Gasteiger partial charge in [0.1, 0.15) is 0 Å². The van der Waals surface area contributed by atoms with Crippen LogP contribution in [0.1, 0.15) is 38.2 Å². The molecule has 0 radical (unpaired) electrons. The van der Waals surface area contributed by atoms with E-state index in [1.165, 1.54) is 0 Å². The number of fused-ring (bicyclic) bond motifs is 1. The highest BCUT2D eigenvalue weighted by molar-refractivity contribution is 5.88. The van der Waals surface area contributed by atoms with Crippen molar-refractivity contribution in [1.82, 2.24) is 15.2 Å². The summed E-state index contributed by atoms with van der Waals surface area (Å²) in [7, 11) is 0. The Kier molecular flexibility index (Phi) is 5.18. The fourth-order valence-corrected chi connectivity index (χ4v) is 3.35. The van der Waals surface area contributed by atoms with Gasteiger partial charge in [-0.25, -0.2) is 0 Å². The number of nitrogens with zero attached hydrogens (tertiary/aromatic N) is 1. The van der Waals surface area contributed by atoms with Crippen LogP contribution in [-0.4, -0.2) is 40.8 Å². The summed E-state index contributed by atoms with van der Waals surface area (Å²) in [6.45, 7) is 3.45. The average molecular weight is 327 g/mol. The molecule has 1 fully saturated rings. The number of benzene rings is 1. The van der Waals surface area contributed by atoms with E-state index < -0.39 is 0 Å². The minimum absolute atomic E-state index is 0.126. The number of aromatic nitrogens is 1. The molecule has 0 aliphatic carbocycles. The van der Waals surface area contributed by atoms with Crippen LogP contribution in [0.2, 0.25) is 0 Å². The number of rotatable bonds is 5. The van der Waals surface area contributed by atoms with Gasteiger partial charge in [0.05, 0.1) is 6.42 Å². The minimum atomic E-state index is 0.126. The van der Waals surface area contributed by atoms with E-state index in [0.717, 1.165) is 48.8 Å². The molecule has 1 aliphatic rings. The van der Waals surface area contributed by atoms with E-state index in [-0.39, 0.29) is 17.9 Å². The highest BCUT2D eigenvalue weighted by Gasteiger charge is 2.24. The monoisotopic (exact) mass is 327 g/mol. The van der Waals surface area contributed by atoms with Crippen LogP contribution in [0.4, 0.5) is 0 Å². The molecule has 0 saturated carbocycles. The summed E-state index contributed by atoms with van der Waals surface area (Å²) in [6.07, 6.45) is 5.49. The third-order valence-electron chi connectivity index (χ3n) is 4.71. The van der Waals surface area contributed by atoms with E-state index in [4.69, 9.17) is 0 Å². The number of nitrogens with one attached hydrogen (secondary N) is 2. The molecular formula is C19H25N3O2. The van der Waals surface area contributed by atoms with Crippen LogP contribution in [0.3, 0.4) is 0 Å². The van der Waals surface area contributed by atoms with Gasteiger partial charge >= 0.3 is 0 Å². The Morgan fingerprint density at radius 3 is 2.75 bits per heavy atom. The zero-order valence-corrected chi connectivity index (χ0v) is 14.2. The van der Waals surface area contributed by atoms with Crippen LogP contribution in [0.25, 0.3) is 10.9 Å². The highest BCUT2D eigenvalue weighted by Crippen LogP contribution is 2.20. The Balaban J connectivity index is 1.53. The van der Waals surface area contributed by atoms with E-state index in [2.05, 4.69) is 10.3 Å². The lowest BCUT2D eigenvalue weighted by molar-refractivity contribution is -0.131. The standard InChI is InChI=1S/C19H25N3O2/c1-2-5-18(23)21-15-8-10-22(11-9-15)19(24)12-14-13-20-17-7-4-3-6-16(14)17/h3-4,6-7,13,15,20H,2,5,8-12H2,1H3,(H,21,23). The van der Waals surface area contributed by atoms with Crippen LogP contribution in [0.5, 0.6) is 0 Å². The van der Waals surface area contributed by atoms with Gasteiger partial charge in [-0.3, -0.25) is 9.59 Å². The smallest absolute Gasteiger partial charge is 0.227 e. The van der Waals surface area contributed by atoms with Gasteiger partial charge in [-0.1, -0.05) is 25.1 Å². The molecule has 1 aliphatic heterocycles. The van der Waals surface area contributed by atoms with Crippen LogP contribution < -0.4 is 5.32 Å². The fraction of sp³-hybridized carbons (Fsp3) is 0.474. The van der Waals surface area contributed by atoms with E-state index in [9.17, 15) is 9.59 Å². The van der Waals surface area contributed by atoms with Gasteiger partial charge in [0.25, 0.3) is 0 Å². The van der Waals surface area contributed by atoms with Crippen molar-refractivity contribution in [2.24, 2.45) is 0 Å². The molecule has 5 heteroatoms. The van der Waals surface area contributed by atoms with Gasteiger partial charge in [0.2, 0.25) is 11.8 Å². The molecule has 2 heterocycles. The molecule has 1 aromatic carbocycles. The predicted molar refractivity (Wildman–Crippen MR) is 94.7 cm³/mol. The van der Waals surface area contributed by atoms with Gasteiger partial charge in [-0.05, 0) is 30.9 Å². The number of aromatic amines is 1. The van der Waals surface area contributed by atoms with Crippen molar-refractivity contribution in [3.05, 3.63) is 36.0 Å². The molecular weight excluding hydrogens is 302 g/mol. The van der Waals surface area contributed by atoms with E-state index in [1.54, 1.807) is 0 Å². The zero-order valence-electron chi connectivity index (χ0n) is 14.2. The molecule has 2 N–H and O–H groups in total. The summed E-state index contributed by atoms with van der Waals surface area (Å²) in [5.74, 6) is 0.291. The molecule has 2 amide bonds. The van der Waals surface area contributed by atoms with Crippen molar-refractivity contribution < 1.29 is 9.59 Å². The van der Waals surface area contributed by atoms with Crippen molar-refractivity contribution >= 4 is 22.7 Å². The van der Waals surface area contributed by atoms with E-state index in [1.807, 2.05) is 42.3 Å². The lowest BCUT2D eigenvalue weighted by atomic mass is 10.0. The second kappa shape index (κ2) is 7.51. The quantitative estimate of drug-likeness (QED) is 0.886. The molecule has 5 nitrogen and oxygen atoms in total. The number of para-hydroxylation sites is 1. The second-order valence-corrected chi connectivity index (χ2v) is 6.51. The molecule has 0 spiro atoms. The van der Waals surface area contributed by atoms with Crippen LogP contribution in [0.15, 0.2) is 30.5 Å². The van der Waals surface area contributed by atoms with Gasteiger partial charge in [0, 0.05) is 42.7 Å². The molecule has 1 aromatic heterocycles. The normalized spacial score (nSPS) is 15.6. The molecule has 24 heavy (non-hydrogen) atoms. The van der Waals surface area contributed by atoms with Crippen LogP contribution in [0, 0.1) is 0 Å². The number of likely N-dealkylation sites (tertiary alicyclic amines) is 1. The maximum atomic E-state index is 12.6. The van der Waals surface area contributed by atoms with Gasteiger partial charge in [-0.15, -0.1) is 0 Å².